The summed E-state index contributed by atoms with van der Waals surface area (Å²) in [6.07, 6.45) is -10.00. The predicted molar refractivity (Wildman–Crippen MR) is 238 cm³/mol. The molecule has 16 N–H and O–H groups in total. The minimum Gasteiger partial charge on any atom is -0.550 e. The number of hydrogen-bond donors (Lipinski definition) is 12. The largest absolute Gasteiger partial charge is 1.00 e. The Balaban J connectivity index is -0.0000000233. The predicted octanol–water partition coefficient (Wildman–Crippen LogP) is -39.4. The van der Waals surface area contributed by atoms with E-state index in [2.05, 4.69) is 9.47 Å². The molecule has 44 heteroatoms. The number of esters is 2. The maximum Gasteiger partial charge on any atom is 1.00 e. The second-order valence-corrected chi connectivity index (χ2v) is 11.7. The molecule has 2 unspecified atom stereocenters. The molecule has 0 aromatic carbocycles. The Hall–Kier alpha value is 1.16. The van der Waals surface area contributed by atoms with Gasteiger partial charge in [-0.1, -0.05) is 59.4 Å². The Labute approximate surface area is 664 Å². The maximum absolute atomic E-state index is 11.1. The van der Waals surface area contributed by atoms with E-state index in [1.54, 1.807) is 0 Å². The number of rotatable bonds is 26. The van der Waals surface area contributed by atoms with Crippen molar-refractivity contribution >= 4 is 71.6 Å². The monoisotopic (exact) mass is 1320 g/mol. The first-order valence-corrected chi connectivity index (χ1v) is 17.0. The van der Waals surface area contributed by atoms with E-state index in [0.29, 0.717) is 0 Å². The molecule has 0 saturated carbocycles. The number of carbonyl (C=O) groups is 12. The van der Waals surface area contributed by atoms with Crippen LogP contribution in [0.15, 0.2) is 0 Å². The molecule has 464 valence electrons. The number of carboxylic acid groups (broad SMARTS) is 10. The van der Waals surface area contributed by atoms with Crippen LogP contribution >= 0.6 is 0 Å². The second-order valence-electron chi connectivity index (χ2n) is 11.7. The van der Waals surface area contributed by atoms with Crippen molar-refractivity contribution in [1.82, 2.24) is 0 Å². The van der Waals surface area contributed by atoms with Crippen LogP contribution in [0.5, 0.6) is 0 Å². The van der Waals surface area contributed by atoms with Gasteiger partial charge in [0.1, 0.15) is 24.4 Å². The molecule has 36 nitrogen and oxygen atoms in total. The van der Waals surface area contributed by atoms with Crippen LogP contribution in [0.2, 0.25) is 0 Å². The van der Waals surface area contributed by atoms with Gasteiger partial charge in [-0.3, -0.25) is 9.59 Å². The Kier molecular flexibility index (Phi) is 178. The molecular formula is C40H80Na8O36. The van der Waals surface area contributed by atoms with Gasteiger partial charge in [-0.05, 0) is 0 Å². The smallest absolute Gasteiger partial charge is 0.550 e. The first-order chi connectivity index (χ1) is 30.0. The van der Waals surface area contributed by atoms with E-state index >= 15 is 0 Å². The van der Waals surface area contributed by atoms with Gasteiger partial charge in [0, 0.05) is 74.3 Å². The summed E-state index contributed by atoms with van der Waals surface area (Å²) in [5, 5.41) is 181. The van der Waals surface area contributed by atoms with Crippen LogP contribution in [-0.2, 0) is 67.0 Å². The summed E-state index contributed by atoms with van der Waals surface area (Å²) in [6, 6.07) is 0. The molecule has 84 heavy (non-hydrogen) atoms. The fourth-order valence-corrected chi connectivity index (χ4v) is 3.24. The van der Waals surface area contributed by atoms with E-state index in [9.17, 15) is 109 Å². The summed E-state index contributed by atoms with van der Waals surface area (Å²) in [5.74, 6) is -21.5. The van der Waals surface area contributed by atoms with Crippen LogP contribution in [0, 0.1) is 0 Å². The molecule has 0 bridgehead atoms. The van der Waals surface area contributed by atoms with Gasteiger partial charge in [-0.15, -0.1) is 0 Å². The molecule has 0 rings (SSSR count). The molecule has 0 spiro atoms. The average molecular weight is 1320 g/mol. The van der Waals surface area contributed by atoms with Gasteiger partial charge < -0.3 is 161 Å². The summed E-state index contributed by atoms with van der Waals surface area (Å²) >= 11 is 0. The minimum absolute atomic E-state index is 0. The van der Waals surface area contributed by atoms with Gasteiger partial charge in [-0.25, -0.2) is 9.59 Å². The third-order valence-corrected chi connectivity index (χ3v) is 5.92. The van der Waals surface area contributed by atoms with Crippen LogP contribution in [0.3, 0.4) is 0 Å². The standard InChI is InChI=1S/2C8H12O8.2C6H8O7.2C2H6O2.8CH4.8Na.2H2O/c9-1-2-16-6(12)4-8(15,7(13)14)3-5(10)11;9-1-2-16-7(14)8(15,3-5(10)11)4-6(12)13;2*7-3(8)1-6(13,5(11)12)2-4(9)10;2*3-1-2-4;;;;;;;;;;;;;;;;;;/h9,15H,1-4H2,(H,10,11)(H,13,14);9,15H,1-4H2,(H,10,11)(H,12,13);2*13H,1-2H2,(H,7,8)(H,9,10)(H,11,12);2*3-4H,1-2H2;8*1H4;;;;;;;;;2*1H2/q;;;;;;;;;;;;;;8*+1;;/p-8. The van der Waals surface area contributed by atoms with Crippen LogP contribution < -0.4 is 277 Å². The molecule has 0 aromatic heterocycles. The summed E-state index contributed by atoms with van der Waals surface area (Å²) in [7, 11) is 0. The second kappa shape index (κ2) is 92.9. The van der Waals surface area contributed by atoms with Gasteiger partial charge in [0.2, 0.25) is 0 Å². The SMILES string of the molecule is C.C.C.C.C.C.C.C.O.O.O=C([O-])CC(O)(CC(=O)O)C(=O)[O-].O=C([O-])CC(O)(CC(=O)OCCO)C(=O)[O-].O=C([O-])CC(O)(CC(=O)[O-])C(=O)O.O=C([O-])CC(O)(CC(=O)[O-])C(=O)OCCO.OCCO.OCCO.[Na+].[Na+].[Na+].[Na+].[Na+].[Na+].[Na+].[Na+]. The van der Waals surface area contributed by atoms with Crippen molar-refractivity contribution in [3.63, 3.8) is 0 Å². The Bertz CT molecular complexity index is 1510. The third-order valence-electron chi connectivity index (χ3n) is 5.92. The van der Waals surface area contributed by atoms with E-state index in [4.69, 9.17) is 51.1 Å². The fraction of sp³-hybridized carbons (Fsp3) is 0.700. The van der Waals surface area contributed by atoms with Crippen molar-refractivity contribution in [3.05, 3.63) is 0 Å². The van der Waals surface area contributed by atoms with Crippen molar-refractivity contribution in [2.45, 2.75) is 133 Å². The molecule has 0 aliphatic rings. The van der Waals surface area contributed by atoms with Gasteiger partial charge in [0.15, 0.2) is 11.2 Å². The summed E-state index contributed by atoms with van der Waals surface area (Å²) in [4.78, 5) is 123. The first-order valence-electron chi connectivity index (χ1n) is 17.0. The molecule has 0 amide bonds. The van der Waals surface area contributed by atoms with Crippen molar-refractivity contribution < 1.29 is 417 Å². The van der Waals surface area contributed by atoms with Gasteiger partial charge >= 0.3 is 260 Å². The van der Waals surface area contributed by atoms with E-state index in [-0.39, 0.29) is 340 Å². The van der Waals surface area contributed by atoms with Gasteiger partial charge in [0.05, 0.1) is 64.4 Å². The Morgan fingerprint density at radius 1 is 0.310 bits per heavy atom. The van der Waals surface area contributed by atoms with Gasteiger partial charge in [-0.2, -0.15) is 0 Å². The van der Waals surface area contributed by atoms with Crippen molar-refractivity contribution in [1.29, 1.82) is 0 Å². The molecule has 0 radical (unpaired) electrons. The average Bonchev–Trinajstić information content (AvgIpc) is 3.14. The van der Waals surface area contributed by atoms with Crippen LogP contribution in [0.4, 0.5) is 0 Å². The summed E-state index contributed by atoms with van der Waals surface area (Å²) < 4.78 is 8.50. The Morgan fingerprint density at radius 3 is 0.690 bits per heavy atom. The molecule has 2 atom stereocenters. The number of hydrogen-bond acceptors (Lipinski definition) is 32. The van der Waals surface area contributed by atoms with E-state index in [0.717, 1.165) is 0 Å². The van der Waals surface area contributed by atoms with E-state index in [1.165, 1.54) is 0 Å². The number of carbonyl (C=O) groups excluding carboxylic acids is 10. The number of aliphatic hydroxyl groups excluding tert-OH is 6. The molecular weight excluding hydrogens is 1240 g/mol. The topological polar surface area (TPSA) is 714 Å². The van der Waals surface area contributed by atoms with Crippen LogP contribution in [0.1, 0.15) is 111 Å². The van der Waals surface area contributed by atoms with Crippen LogP contribution in [0.25, 0.3) is 0 Å². The number of aliphatic hydroxyl groups is 10. The number of aliphatic carboxylic acids is 10. The molecule has 0 aromatic rings. The van der Waals surface area contributed by atoms with Crippen molar-refractivity contribution in [2.75, 3.05) is 52.9 Å². The normalized spacial score (nSPS) is 9.36. The first kappa shape index (κ1) is 161. The summed E-state index contributed by atoms with van der Waals surface area (Å²) in [5.41, 5.74) is -11.4. The Morgan fingerprint density at radius 2 is 0.512 bits per heavy atom. The molecule has 0 heterocycles. The van der Waals surface area contributed by atoms with Crippen LogP contribution in [-0.4, -0.2) is 219 Å². The van der Waals surface area contributed by atoms with Crippen molar-refractivity contribution in [3.8, 4) is 0 Å². The third kappa shape index (κ3) is 99.4. The molecule has 0 fully saturated rings. The molecule has 0 saturated heterocycles. The van der Waals surface area contributed by atoms with Gasteiger partial charge in [0.25, 0.3) is 0 Å². The van der Waals surface area contributed by atoms with E-state index < -0.39 is 165 Å². The zero-order valence-electron chi connectivity index (χ0n) is 42.7. The van der Waals surface area contributed by atoms with Crippen molar-refractivity contribution in [2.24, 2.45) is 0 Å². The zero-order valence-corrected chi connectivity index (χ0v) is 58.7. The minimum atomic E-state index is -2.91. The number of ether oxygens (including phenoxy) is 2. The zero-order chi connectivity index (χ0) is 53.7. The molecule has 0 aliphatic carbocycles. The maximum atomic E-state index is 11.1. The number of carboxylic acids is 10. The van der Waals surface area contributed by atoms with E-state index in [1.807, 2.05) is 0 Å². The summed E-state index contributed by atoms with van der Waals surface area (Å²) in [6.45, 7) is -2.39. The fourth-order valence-electron chi connectivity index (χ4n) is 3.24. The quantitative estimate of drug-likeness (QED) is 0.0283. The molecule has 0 aliphatic heterocycles.